The standard InChI is InChI=1S/C12H14BrN3O3S/c1-2-3-8(12(17)18)14-5-10-15-11(16-19-10)9-4-7(13)6-20-9/h4,6,8,14H,2-3,5H2,1H3,(H,17,18). The van der Waals surface area contributed by atoms with Crippen molar-refractivity contribution in [1.82, 2.24) is 15.5 Å². The van der Waals surface area contributed by atoms with Gasteiger partial charge in [0.05, 0.1) is 11.4 Å². The van der Waals surface area contributed by atoms with Gasteiger partial charge in [-0.1, -0.05) is 18.5 Å². The van der Waals surface area contributed by atoms with Crippen molar-refractivity contribution in [2.75, 3.05) is 0 Å². The minimum atomic E-state index is -0.867. The van der Waals surface area contributed by atoms with Crippen LogP contribution in [0.25, 0.3) is 10.7 Å². The summed E-state index contributed by atoms with van der Waals surface area (Å²) >= 11 is 4.87. The number of aromatic nitrogens is 2. The number of hydrogen-bond acceptors (Lipinski definition) is 6. The van der Waals surface area contributed by atoms with Crippen LogP contribution >= 0.6 is 27.3 Å². The highest BCUT2D eigenvalue weighted by molar-refractivity contribution is 9.10. The van der Waals surface area contributed by atoms with Crippen LogP contribution in [0.4, 0.5) is 0 Å². The van der Waals surface area contributed by atoms with Crippen LogP contribution in [-0.2, 0) is 11.3 Å². The third-order valence-corrected chi connectivity index (χ3v) is 4.32. The average Bonchev–Trinajstić information content (AvgIpc) is 3.02. The summed E-state index contributed by atoms with van der Waals surface area (Å²) in [5.41, 5.74) is 0. The molecular formula is C12H14BrN3O3S. The summed E-state index contributed by atoms with van der Waals surface area (Å²) in [7, 11) is 0. The Hall–Kier alpha value is -1.25. The fourth-order valence-electron chi connectivity index (χ4n) is 1.67. The van der Waals surface area contributed by atoms with E-state index < -0.39 is 12.0 Å². The smallest absolute Gasteiger partial charge is 0.320 e. The van der Waals surface area contributed by atoms with Gasteiger partial charge < -0.3 is 9.63 Å². The molecule has 2 rings (SSSR count). The molecule has 0 saturated heterocycles. The highest BCUT2D eigenvalue weighted by atomic mass is 79.9. The van der Waals surface area contributed by atoms with E-state index in [2.05, 4.69) is 31.4 Å². The van der Waals surface area contributed by atoms with Gasteiger partial charge in [-0.2, -0.15) is 4.98 Å². The Morgan fingerprint density at radius 1 is 1.65 bits per heavy atom. The Morgan fingerprint density at radius 2 is 2.45 bits per heavy atom. The predicted octanol–water partition coefficient (Wildman–Crippen LogP) is 2.90. The summed E-state index contributed by atoms with van der Waals surface area (Å²) in [5.74, 6) is 0.0283. The molecule has 0 radical (unpaired) electrons. The van der Waals surface area contributed by atoms with Gasteiger partial charge >= 0.3 is 5.97 Å². The van der Waals surface area contributed by atoms with Crippen LogP contribution in [0.15, 0.2) is 20.4 Å². The second-order valence-corrected chi connectivity index (χ2v) is 6.03. The van der Waals surface area contributed by atoms with Crippen molar-refractivity contribution in [3.63, 3.8) is 0 Å². The highest BCUT2D eigenvalue weighted by Crippen LogP contribution is 2.27. The minimum Gasteiger partial charge on any atom is -0.480 e. The van der Waals surface area contributed by atoms with E-state index in [1.807, 2.05) is 18.4 Å². The van der Waals surface area contributed by atoms with Crippen molar-refractivity contribution in [2.45, 2.75) is 32.4 Å². The molecule has 2 heterocycles. The van der Waals surface area contributed by atoms with Crippen LogP contribution in [0.3, 0.4) is 0 Å². The van der Waals surface area contributed by atoms with E-state index in [-0.39, 0.29) is 6.54 Å². The molecule has 2 N–H and O–H groups in total. The van der Waals surface area contributed by atoms with E-state index >= 15 is 0 Å². The molecule has 20 heavy (non-hydrogen) atoms. The van der Waals surface area contributed by atoms with Crippen LogP contribution in [0, 0.1) is 0 Å². The lowest BCUT2D eigenvalue weighted by Gasteiger charge is -2.10. The van der Waals surface area contributed by atoms with Crippen LogP contribution < -0.4 is 5.32 Å². The van der Waals surface area contributed by atoms with Crippen molar-refractivity contribution < 1.29 is 14.4 Å². The summed E-state index contributed by atoms with van der Waals surface area (Å²) in [5, 5.41) is 17.8. The van der Waals surface area contributed by atoms with Crippen molar-refractivity contribution >= 4 is 33.2 Å². The van der Waals surface area contributed by atoms with Crippen LogP contribution in [-0.4, -0.2) is 27.3 Å². The number of nitrogens with zero attached hydrogens (tertiary/aromatic N) is 2. The van der Waals surface area contributed by atoms with E-state index in [1.54, 1.807) is 0 Å². The van der Waals surface area contributed by atoms with Gasteiger partial charge in [0.2, 0.25) is 11.7 Å². The lowest BCUT2D eigenvalue weighted by molar-refractivity contribution is -0.139. The first-order valence-corrected chi connectivity index (χ1v) is 7.80. The number of carboxylic acids is 1. The Bertz CT molecular complexity index is 584. The molecule has 1 unspecified atom stereocenters. The van der Waals surface area contributed by atoms with E-state index in [4.69, 9.17) is 9.63 Å². The van der Waals surface area contributed by atoms with Gasteiger partial charge in [-0.3, -0.25) is 10.1 Å². The van der Waals surface area contributed by atoms with Crippen molar-refractivity contribution in [2.24, 2.45) is 0 Å². The third kappa shape index (κ3) is 3.87. The molecule has 0 saturated carbocycles. The molecule has 0 spiro atoms. The fraction of sp³-hybridized carbons (Fsp3) is 0.417. The zero-order valence-corrected chi connectivity index (χ0v) is 13.2. The third-order valence-electron chi connectivity index (χ3n) is 2.63. The predicted molar refractivity (Wildman–Crippen MR) is 78.5 cm³/mol. The summed E-state index contributed by atoms with van der Waals surface area (Å²) in [6, 6.07) is 1.32. The van der Waals surface area contributed by atoms with Gasteiger partial charge in [0.25, 0.3) is 0 Å². The number of halogens is 1. The van der Waals surface area contributed by atoms with Crippen LogP contribution in [0.1, 0.15) is 25.7 Å². The molecule has 6 nitrogen and oxygen atoms in total. The zero-order valence-electron chi connectivity index (χ0n) is 10.8. The number of nitrogens with one attached hydrogen (secondary N) is 1. The summed E-state index contributed by atoms with van der Waals surface area (Å²) < 4.78 is 6.08. The van der Waals surface area contributed by atoms with Crippen molar-refractivity contribution in [3.05, 3.63) is 21.8 Å². The van der Waals surface area contributed by atoms with Gasteiger partial charge in [0.1, 0.15) is 6.04 Å². The highest BCUT2D eigenvalue weighted by Gasteiger charge is 2.17. The van der Waals surface area contributed by atoms with E-state index in [1.165, 1.54) is 11.3 Å². The second-order valence-electron chi connectivity index (χ2n) is 4.20. The van der Waals surface area contributed by atoms with Crippen LogP contribution in [0.2, 0.25) is 0 Å². The van der Waals surface area contributed by atoms with Gasteiger partial charge in [0, 0.05) is 9.85 Å². The molecule has 0 aromatic carbocycles. The molecule has 0 aliphatic rings. The average molecular weight is 360 g/mol. The number of carboxylic acid groups (broad SMARTS) is 1. The first kappa shape index (κ1) is 15.1. The molecule has 2 aromatic rings. The Morgan fingerprint density at radius 3 is 3.05 bits per heavy atom. The Labute approximate surface area is 128 Å². The largest absolute Gasteiger partial charge is 0.480 e. The molecule has 1 atom stereocenters. The van der Waals surface area contributed by atoms with Gasteiger partial charge in [-0.05, 0) is 28.4 Å². The number of carbonyl (C=O) groups is 1. The number of rotatable bonds is 7. The molecule has 0 aliphatic carbocycles. The summed E-state index contributed by atoms with van der Waals surface area (Å²) in [4.78, 5) is 16.1. The Kier molecular flexibility index (Phi) is 5.27. The SMILES string of the molecule is CCCC(NCc1nc(-c2cc(Br)cs2)no1)C(=O)O. The maximum atomic E-state index is 11.0. The van der Waals surface area contributed by atoms with E-state index in [0.717, 1.165) is 15.8 Å². The van der Waals surface area contributed by atoms with Gasteiger partial charge in [-0.15, -0.1) is 11.3 Å². The minimum absolute atomic E-state index is 0.247. The van der Waals surface area contributed by atoms with Crippen LogP contribution in [0.5, 0.6) is 0 Å². The van der Waals surface area contributed by atoms with Gasteiger partial charge in [0.15, 0.2) is 0 Å². The Balaban J connectivity index is 1.97. The number of thiophene rings is 1. The summed E-state index contributed by atoms with van der Waals surface area (Å²) in [6.07, 6.45) is 1.36. The number of aliphatic carboxylic acids is 1. The molecule has 0 amide bonds. The number of hydrogen-bond donors (Lipinski definition) is 2. The lowest BCUT2D eigenvalue weighted by atomic mass is 10.2. The molecule has 8 heteroatoms. The maximum absolute atomic E-state index is 11.0. The monoisotopic (exact) mass is 359 g/mol. The van der Waals surface area contributed by atoms with E-state index in [0.29, 0.717) is 18.1 Å². The first-order chi connectivity index (χ1) is 9.60. The quantitative estimate of drug-likeness (QED) is 0.789. The first-order valence-electron chi connectivity index (χ1n) is 6.13. The van der Waals surface area contributed by atoms with Crippen molar-refractivity contribution in [3.8, 4) is 10.7 Å². The lowest BCUT2D eigenvalue weighted by Crippen LogP contribution is -2.36. The molecule has 0 bridgehead atoms. The van der Waals surface area contributed by atoms with E-state index in [9.17, 15) is 4.79 Å². The summed E-state index contributed by atoms with van der Waals surface area (Å²) in [6.45, 7) is 2.19. The fourth-order valence-corrected chi connectivity index (χ4v) is 3.02. The van der Waals surface area contributed by atoms with Gasteiger partial charge in [-0.25, -0.2) is 0 Å². The maximum Gasteiger partial charge on any atom is 0.320 e. The molecule has 0 aliphatic heterocycles. The topological polar surface area (TPSA) is 88.3 Å². The normalized spacial score (nSPS) is 12.5. The second kappa shape index (κ2) is 6.96. The molecule has 0 fully saturated rings. The van der Waals surface area contributed by atoms with Crippen molar-refractivity contribution in [1.29, 1.82) is 0 Å². The zero-order chi connectivity index (χ0) is 14.5. The molecule has 2 aromatic heterocycles. The molecule has 108 valence electrons. The molecular weight excluding hydrogens is 346 g/mol.